The predicted octanol–water partition coefficient (Wildman–Crippen LogP) is 5.49. The van der Waals surface area contributed by atoms with E-state index in [4.69, 9.17) is 16.3 Å². The van der Waals surface area contributed by atoms with E-state index in [0.717, 1.165) is 22.4 Å². The topological polar surface area (TPSA) is 38.3 Å². The van der Waals surface area contributed by atoms with E-state index in [1.54, 1.807) is 13.0 Å². The molecule has 0 spiro atoms. The van der Waals surface area contributed by atoms with Crippen LogP contribution in [0.2, 0.25) is 5.02 Å². The van der Waals surface area contributed by atoms with Crippen molar-refractivity contribution in [3.05, 3.63) is 58.1 Å². The van der Waals surface area contributed by atoms with Gasteiger partial charge in [0.2, 0.25) is 0 Å². The Morgan fingerprint density at radius 1 is 1.12 bits per heavy atom. The lowest BCUT2D eigenvalue weighted by Gasteiger charge is -2.20. The summed E-state index contributed by atoms with van der Waals surface area (Å²) < 4.78 is 5.95. The molecule has 2 rings (SSSR count). The molecule has 24 heavy (non-hydrogen) atoms. The van der Waals surface area contributed by atoms with E-state index in [9.17, 15) is 4.79 Å². The average Bonchev–Trinajstić information content (AvgIpc) is 2.51. The highest BCUT2D eigenvalue weighted by atomic mass is 35.5. The van der Waals surface area contributed by atoms with Crippen LogP contribution < -0.4 is 10.1 Å². The number of amides is 1. The van der Waals surface area contributed by atoms with E-state index in [0.29, 0.717) is 16.6 Å². The van der Waals surface area contributed by atoms with Crippen LogP contribution in [0, 0.1) is 13.8 Å². The molecular weight excluding hydrogens is 322 g/mol. The van der Waals surface area contributed by atoms with E-state index >= 15 is 0 Å². The third-order valence-corrected chi connectivity index (χ3v) is 4.40. The molecule has 0 heterocycles. The number of rotatable bonds is 5. The number of ether oxygens (including phenoxy) is 1. The van der Waals surface area contributed by atoms with Crippen molar-refractivity contribution in [3.63, 3.8) is 0 Å². The highest BCUT2D eigenvalue weighted by molar-refractivity contribution is 6.31. The van der Waals surface area contributed by atoms with Gasteiger partial charge in [-0.1, -0.05) is 43.6 Å². The first-order chi connectivity index (χ1) is 11.3. The van der Waals surface area contributed by atoms with Crippen molar-refractivity contribution < 1.29 is 9.53 Å². The van der Waals surface area contributed by atoms with E-state index in [-0.39, 0.29) is 5.91 Å². The van der Waals surface area contributed by atoms with E-state index in [2.05, 4.69) is 31.3 Å². The molecule has 1 atom stereocenters. The summed E-state index contributed by atoms with van der Waals surface area (Å²) in [4.78, 5) is 12.5. The molecule has 0 radical (unpaired) electrons. The molecule has 0 aromatic heterocycles. The number of benzene rings is 2. The maximum absolute atomic E-state index is 12.5. The van der Waals surface area contributed by atoms with E-state index in [1.807, 2.05) is 32.0 Å². The molecule has 0 aliphatic heterocycles. The number of halogens is 1. The van der Waals surface area contributed by atoms with Crippen LogP contribution in [0.1, 0.15) is 43.4 Å². The van der Waals surface area contributed by atoms with Crippen molar-refractivity contribution in [1.29, 1.82) is 0 Å². The first-order valence-electron chi connectivity index (χ1n) is 8.12. The minimum absolute atomic E-state index is 0.198. The van der Waals surface area contributed by atoms with Crippen molar-refractivity contribution in [3.8, 4) is 5.75 Å². The van der Waals surface area contributed by atoms with Crippen LogP contribution in [0.15, 0.2) is 36.4 Å². The molecule has 0 fully saturated rings. The minimum Gasteiger partial charge on any atom is -0.481 e. The minimum atomic E-state index is -0.609. The zero-order valence-corrected chi connectivity index (χ0v) is 15.6. The van der Waals surface area contributed by atoms with Crippen LogP contribution >= 0.6 is 11.6 Å². The SMILES string of the molecule is Cc1ccc(C(C)C)c(O[C@@H](C)C(=O)Nc2cccc(Cl)c2C)c1. The zero-order valence-electron chi connectivity index (χ0n) is 14.8. The molecule has 0 bridgehead atoms. The molecule has 0 unspecified atom stereocenters. The molecule has 1 N–H and O–H groups in total. The average molecular weight is 346 g/mol. The fourth-order valence-corrected chi connectivity index (χ4v) is 2.62. The molecule has 3 nitrogen and oxygen atoms in total. The molecule has 4 heteroatoms. The van der Waals surface area contributed by atoms with Gasteiger partial charge in [0.15, 0.2) is 6.10 Å². The lowest BCUT2D eigenvalue weighted by molar-refractivity contribution is -0.122. The predicted molar refractivity (Wildman–Crippen MR) is 100 cm³/mol. The molecule has 2 aromatic rings. The first-order valence-corrected chi connectivity index (χ1v) is 8.50. The number of anilines is 1. The lowest BCUT2D eigenvalue weighted by Crippen LogP contribution is -2.30. The highest BCUT2D eigenvalue weighted by Gasteiger charge is 2.18. The van der Waals surface area contributed by atoms with Gasteiger partial charge in [-0.2, -0.15) is 0 Å². The second-order valence-electron chi connectivity index (χ2n) is 6.36. The molecule has 128 valence electrons. The number of carbonyl (C=O) groups is 1. The van der Waals surface area contributed by atoms with Gasteiger partial charge in [0.1, 0.15) is 5.75 Å². The van der Waals surface area contributed by atoms with Gasteiger partial charge in [-0.05, 0) is 61.6 Å². The van der Waals surface area contributed by atoms with Crippen molar-refractivity contribution >= 4 is 23.2 Å². The van der Waals surface area contributed by atoms with Crippen molar-refractivity contribution in [1.82, 2.24) is 0 Å². The molecule has 0 saturated heterocycles. The summed E-state index contributed by atoms with van der Waals surface area (Å²) in [6.45, 7) is 9.86. The Balaban J connectivity index is 2.15. The molecule has 2 aromatic carbocycles. The maximum atomic E-state index is 12.5. The quantitative estimate of drug-likeness (QED) is 0.778. The molecule has 0 saturated carbocycles. The second-order valence-corrected chi connectivity index (χ2v) is 6.76. The Morgan fingerprint density at radius 3 is 2.50 bits per heavy atom. The summed E-state index contributed by atoms with van der Waals surface area (Å²) in [5.74, 6) is 0.887. The van der Waals surface area contributed by atoms with Crippen LogP contribution in [0.3, 0.4) is 0 Å². The van der Waals surface area contributed by atoms with Crippen LogP contribution in [-0.2, 0) is 4.79 Å². The van der Waals surface area contributed by atoms with Crippen LogP contribution in [0.4, 0.5) is 5.69 Å². The van der Waals surface area contributed by atoms with Crippen LogP contribution in [0.25, 0.3) is 0 Å². The molecule has 0 aliphatic rings. The summed E-state index contributed by atoms with van der Waals surface area (Å²) in [6.07, 6.45) is -0.609. The first kappa shape index (κ1) is 18.3. The van der Waals surface area contributed by atoms with Crippen molar-refractivity contribution in [2.24, 2.45) is 0 Å². The van der Waals surface area contributed by atoms with Gasteiger partial charge >= 0.3 is 0 Å². The van der Waals surface area contributed by atoms with Gasteiger partial charge < -0.3 is 10.1 Å². The Bertz CT molecular complexity index is 740. The lowest BCUT2D eigenvalue weighted by atomic mass is 10.0. The normalized spacial score (nSPS) is 12.1. The largest absolute Gasteiger partial charge is 0.481 e. The summed E-state index contributed by atoms with van der Waals surface area (Å²) >= 11 is 6.10. The van der Waals surface area contributed by atoms with Crippen LogP contribution in [0.5, 0.6) is 5.75 Å². The van der Waals surface area contributed by atoms with Crippen molar-refractivity contribution in [2.45, 2.75) is 46.6 Å². The summed E-state index contributed by atoms with van der Waals surface area (Å²) in [6, 6.07) is 11.5. The monoisotopic (exact) mass is 345 g/mol. The molecule has 0 aliphatic carbocycles. The smallest absolute Gasteiger partial charge is 0.265 e. The molecule has 1 amide bonds. The third-order valence-electron chi connectivity index (χ3n) is 3.99. The Morgan fingerprint density at radius 2 is 1.83 bits per heavy atom. The fraction of sp³-hybridized carbons (Fsp3) is 0.350. The Hall–Kier alpha value is -2.00. The van der Waals surface area contributed by atoms with Crippen molar-refractivity contribution in [2.75, 3.05) is 5.32 Å². The van der Waals surface area contributed by atoms with Gasteiger partial charge in [-0.3, -0.25) is 4.79 Å². The number of hydrogen-bond acceptors (Lipinski definition) is 2. The summed E-state index contributed by atoms with van der Waals surface area (Å²) in [7, 11) is 0. The highest BCUT2D eigenvalue weighted by Crippen LogP contribution is 2.29. The number of aryl methyl sites for hydroxylation is 1. The van der Waals surface area contributed by atoms with Gasteiger partial charge in [0.05, 0.1) is 0 Å². The number of carbonyl (C=O) groups excluding carboxylic acids is 1. The van der Waals surface area contributed by atoms with Crippen LogP contribution in [-0.4, -0.2) is 12.0 Å². The van der Waals surface area contributed by atoms with Gasteiger partial charge in [0.25, 0.3) is 5.91 Å². The zero-order chi connectivity index (χ0) is 17.9. The number of hydrogen-bond donors (Lipinski definition) is 1. The third kappa shape index (κ3) is 4.30. The summed E-state index contributed by atoms with van der Waals surface area (Å²) in [5.41, 5.74) is 3.75. The Labute approximate surface area is 149 Å². The van der Waals surface area contributed by atoms with Gasteiger partial charge in [-0.15, -0.1) is 0 Å². The number of nitrogens with one attached hydrogen (secondary N) is 1. The molecular formula is C20H24ClNO2. The fourth-order valence-electron chi connectivity index (χ4n) is 2.44. The van der Waals surface area contributed by atoms with Gasteiger partial charge in [-0.25, -0.2) is 0 Å². The standard InChI is InChI=1S/C20H24ClNO2/c1-12(2)16-10-9-13(3)11-19(16)24-15(5)20(23)22-18-8-6-7-17(21)14(18)4/h6-12,15H,1-5H3,(H,22,23)/t15-/m0/s1. The second kappa shape index (κ2) is 7.71. The maximum Gasteiger partial charge on any atom is 0.265 e. The van der Waals surface area contributed by atoms with E-state index in [1.165, 1.54) is 0 Å². The van der Waals surface area contributed by atoms with E-state index < -0.39 is 6.10 Å². The van der Waals surface area contributed by atoms with Gasteiger partial charge in [0, 0.05) is 10.7 Å². The Kier molecular flexibility index (Phi) is 5.89. The summed E-state index contributed by atoms with van der Waals surface area (Å²) in [5, 5.41) is 3.51.